The van der Waals surface area contributed by atoms with Gasteiger partial charge in [0, 0.05) is 59.9 Å². The molecule has 0 radical (unpaired) electrons. The Morgan fingerprint density at radius 2 is 0.824 bits per heavy atom. The number of para-hydroxylation sites is 7. The highest BCUT2D eigenvalue weighted by Crippen LogP contribution is 2.45. The Kier molecular flexibility index (Phi) is 7.65. The monoisotopic (exact) mass is 869 g/mol. The van der Waals surface area contributed by atoms with E-state index < -0.39 is 0 Å². The van der Waals surface area contributed by atoms with Crippen LogP contribution >= 0.6 is 0 Å². The Bertz CT molecular complexity index is 4570. The van der Waals surface area contributed by atoms with Crippen molar-refractivity contribution in [2.45, 2.75) is 0 Å². The lowest BCUT2D eigenvalue weighted by Crippen LogP contribution is -2.05. The molecule has 0 aliphatic heterocycles. The van der Waals surface area contributed by atoms with E-state index in [2.05, 4.69) is 191 Å². The van der Waals surface area contributed by atoms with Gasteiger partial charge in [0.05, 0.1) is 27.6 Å². The Morgan fingerprint density at radius 1 is 0.309 bits per heavy atom. The van der Waals surface area contributed by atoms with Crippen LogP contribution < -0.4 is 0 Å². The first-order valence-corrected chi connectivity index (χ1v) is 22.9. The van der Waals surface area contributed by atoms with Crippen molar-refractivity contribution in [2.24, 2.45) is 0 Å². The number of hydrogen-bond donors (Lipinski definition) is 0. The van der Waals surface area contributed by atoms with E-state index in [0.717, 1.165) is 121 Å². The number of fused-ring (bicyclic) bond motifs is 13. The number of hydrogen-bond acceptors (Lipinski definition) is 5. The maximum absolute atomic E-state index is 7.02. The minimum Gasteiger partial charge on any atom is -0.455 e. The van der Waals surface area contributed by atoms with Gasteiger partial charge in [-0.2, -0.15) is 0 Å². The molecule has 15 aromatic rings. The van der Waals surface area contributed by atoms with Crippen molar-refractivity contribution >= 4 is 98.3 Å². The lowest BCUT2D eigenvalue weighted by atomic mass is 10.0. The largest absolute Gasteiger partial charge is 0.455 e. The van der Waals surface area contributed by atoms with Crippen LogP contribution in [0.25, 0.3) is 144 Å². The van der Waals surface area contributed by atoms with Crippen LogP contribution in [0.15, 0.2) is 221 Å². The smallest absolute Gasteiger partial charge is 0.167 e. The second-order valence-corrected chi connectivity index (χ2v) is 17.5. The molecule has 0 saturated carbocycles. The van der Waals surface area contributed by atoms with Crippen molar-refractivity contribution in [3.8, 4) is 45.5 Å². The molecule has 0 aliphatic rings. The first kappa shape index (κ1) is 36.9. The van der Waals surface area contributed by atoms with Crippen LogP contribution in [0.2, 0.25) is 0 Å². The summed E-state index contributed by atoms with van der Waals surface area (Å²) in [5.74, 6) is 1.53. The molecule has 0 fully saturated rings. The molecule has 0 bridgehead atoms. The Morgan fingerprint density at radius 3 is 1.56 bits per heavy atom. The van der Waals surface area contributed by atoms with E-state index in [1.807, 2.05) is 30.3 Å². The van der Waals surface area contributed by atoms with Crippen LogP contribution in [0.3, 0.4) is 0 Å². The first-order chi connectivity index (χ1) is 33.7. The molecule has 15 rings (SSSR count). The van der Waals surface area contributed by atoms with E-state index in [4.69, 9.17) is 23.8 Å². The molecular formula is C61H35N5O2. The van der Waals surface area contributed by atoms with Crippen molar-refractivity contribution in [3.05, 3.63) is 212 Å². The molecule has 0 unspecified atom stereocenters. The molecule has 10 aromatic carbocycles. The van der Waals surface area contributed by atoms with E-state index >= 15 is 0 Å². The number of nitrogens with zero attached hydrogens (tertiary/aromatic N) is 5. The molecule has 316 valence electrons. The van der Waals surface area contributed by atoms with Gasteiger partial charge in [-0.3, -0.25) is 0 Å². The second kappa shape index (κ2) is 14.1. The summed E-state index contributed by atoms with van der Waals surface area (Å²) in [6, 6.07) is 74.3. The highest BCUT2D eigenvalue weighted by Gasteiger charge is 2.27. The number of aromatic nitrogens is 5. The van der Waals surface area contributed by atoms with Crippen molar-refractivity contribution in [3.63, 3.8) is 0 Å². The van der Waals surface area contributed by atoms with Crippen LogP contribution in [0.1, 0.15) is 0 Å². The molecule has 5 aromatic heterocycles. The predicted octanol–water partition coefficient (Wildman–Crippen LogP) is 16.0. The summed E-state index contributed by atoms with van der Waals surface area (Å²) in [5.41, 5.74) is 11.6. The molecule has 5 heterocycles. The predicted molar refractivity (Wildman–Crippen MR) is 277 cm³/mol. The molecular weight excluding hydrogens is 835 g/mol. The van der Waals surface area contributed by atoms with Crippen LogP contribution in [0.4, 0.5) is 0 Å². The van der Waals surface area contributed by atoms with Gasteiger partial charge in [0.1, 0.15) is 22.4 Å². The fourth-order valence-corrected chi connectivity index (χ4v) is 10.8. The van der Waals surface area contributed by atoms with E-state index in [1.165, 1.54) is 5.39 Å². The summed E-state index contributed by atoms with van der Waals surface area (Å²) < 4.78 is 18.4. The van der Waals surface area contributed by atoms with E-state index in [-0.39, 0.29) is 0 Å². The molecule has 0 spiro atoms. The zero-order chi connectivity index (χ0) is 44.5. The summed E-state index contributed by atoms with van der Waals surface area (Å²) >= 11 is 0. The average Bonchev–Trinajstić information content (AvgIpc) is 4.16. The summed E-state index contributed by atoms with van der Waals surface area (Å²) in [7, 11) is 0. The topological polar surface area (TPSA) is 74.8 Å². The molecule has 0 N–H and O–H groups in total. The minimum absolute atomic E-state index is 0.498. The van der Waals surface area contributed by atoms with Crippen LogP contribution in [0.5, 0.6) is 0 Å². The molecule has 7 heteroatoms. The van der Waals surface area contributed by atoms with Gasteiger partial charge in [-0.15, -0.1) is 0 Å². The molecule has 0 aliphatic carbocycles. The number of benzene rings is 10. The van der Waals surface area contributed by atoms with Crippen molar-refractivity contribution in [1.82, 2.24) is 24.1 Å². The lowest BCUT2D eigenvalue weighted by molar-refractivity contribution is 0.666. The third-order valence-corrected chi connectivity index (χ3v) is 13.8. The van der Waals surface area contributed by atoms with Crippen LogP contribution in [0, 0.1) is 0 Å². The summed E-state index contributed by atoms with van der Waals surface area (Å²) in [6.07, 6.45) is 0. The average molecular weight is 870 g/mol. The molecule has 68 heavy (non-hydrogen) atoms. The summed E-state index contributed by atoms with van der Waals surface area (Å²) in [4.78, 5) is 16.6. The van der Waals surface area contributed by atoms with Gasteiger partial charge in [-0.25, -0.2) is 15.0 Å². The molecule has 0 amide bonds. The number of furan rings is 2. The van der Waals surface area contributed by atoms with Gasteiger partial charge in [0.25, 0.3) is 0 Å². The Labute approximate surface area is 387 Å². The zero-order valence-electron chi connectivity index (χ0n) is 36.3. The van der Waals surface area contributed by atoms with Crippen molar-refractivity contribution in [2.75, 3.05) is 0 Å². The number of rotatable bonds is 5. The van der Waals surface area contributed by atoms with Crippen LogP contribution in [-0.2, 0) is 0 Å². The van der Waals surface area contributed by atoms with E-state index in [1.54, 1.807) is 0 Å². The maximum atomic E-state index is 7.02. The fraction of sp³-hybridized carbons (Fsp3) is 0. The van der Waals surface area contributed by atoms with E-state index in [9.17, 15) is 0 Å². The van der Waals surface area contributed by atoms with Crippen LogP contribution in [-0.4, -0.2) is 24.1 Å². The first-order valence-electron chi connectivity index (χ1n) is 22.9. The van der Waals surface area contributed by atoms with Crippen molar-refractivity contribution in [1.29, 1.82) is 0 Å². The second-order valence-electron chi connectivity index (χ2n) is 17.5. The third-order valence-electron chi connectivity index (χ3n) is 13.8. The van der Waals surface area contributed by atoms with Gasteiger partial charge < -0.3 is 18.0 Å². The van der Waals surface area contributed by atoms with Gasteiger partial charge in [-0.1, -0.05) is 140 Å². The SMILES string of the molecule is c1ccc(-n2c3ccccc3c3cccc(-c4nc(-c5ccc6c(oc7ccccc76)c5-n5c6ccccc6c6cc7ccccc7cc65)nc(-c5cccc6c5oc5ccccc56)n4)c32)cc1. The van der Waals surface area contributed by atoms with Gasteiger partial charge in [0.15, 0.2) is 23.1 Å². The Hall–Kier alpha value is -9.33. The quantitative estimate of drug-likeness (QED) is 0.172. The maximum Gasteiger partial charge on any atom is 0.167 e. The summed E-state index contributed by atoms with van der Waals surface area (Å²) in [6.45, 7) is 0. The molecule has 7 nitrogen and oxygen atoms in total. The molecule has 0 saturated heterocycles. The third kappa shape index (κ3) is 5.26. The minimum atomic E-state index is 0.498. The lowest BCUT2D eigenvalue weighted by Gasteiger charge is -2.16. The van der Waals surface area contributed by atoms with Gasteiger partial charge >= 0.3 is 0 Å². The van der Waals surface area contributed by atoms with Crippen molar-refractivity contribution < 1.29 is 8.83 Å². The normalized spacial score (nSPS) is 12.1. The molecule has 0 atom stereocenters. The highest BCUT2D eigenvalue weighted by molar-refractivity contribution is 6.18. The van der Waals surface area contributed by atoms with Gasteiger partial charge in [0.2, 0.25) is 0 Å². The van der Waals surface area contributed by atoms with Gasteiger partial charge in [-0.05, 0) is 83.6 Å². The van der Waals surface area contributed by atoms with E-state index in [0.29, 0.717) is 17.5 Å². The summed E-state index contributed by atoms with van der Waals surface area (Å²) in [5, 5.41) is 10.9. The highest BCUT2D eigenvalue weighted by atomic mass is 16.3. The zero-order valence-corrected chi connectivity index (χ0v) is 36.3. The fourth-order valence-electron chi connectivity index (χ4n) is 10.8. The standard InChI is InChI=1S/C61H35N5O2/c1-2-18-38(19-3-1)65-50-28-10-6-20-39(50)43-24-14-26-46(55(43)65)59-62-60(64-61(63-59)48-27-15-25-44-41-22-8-12-30-53(41)67-57(44)48)47-33-32-45-42-23-9-13-31-54(42)68-58(45)56(47)66-51-29-11-7-21-40(51)49-34-36-16-4-5-17-37(36)35-52(49)66/h1-35H. The Balaban J connectivity index is 1.10.